The monoisotopic (exact) mass is 1550 g/mol. The van der Waals surface area contributed by atoms with E-state index in [-0.39, 0.29) is 39.4 Å². The first-order valence-corrected chi connectivity index (χ1v) is 44.4. The molecule has 114 heavy (non-hydrogen) atoms. The van der Waals surface area contributed by atoms with Gasteiger partial charge in [-0.15, -0.1) is 0 Å². The predicted molar refractivity (Wildman–Crippen MR) is 487 cm³/mol. The van der Waals surface area contributed by atoms with E-state index in [9.17, 15) is 2.74 Å². The second-order valence-corrected chi connectivity index (χ2v) is 41.7. The quantitative estimate of drug-likeness (QED) is 0.168. The number of nitrogens with zero attached hydrogens (tertiary/aromatic N) is 7. The van der Waals surface area contributed by atoms with E-state index < -0.39 is 54.0 Å². The summed E-state index contributed by atoms with van der Waals surface area (Å²) in [7, 11) is 0. The molecular weight excluding hydrogens is 1390 g/mol. The van der Waals surface area contributed by atoms with Crippen molar-refractivity contribution in [1.82, 2.24) is 9.97 Å². The zero-order valence-electron chi connectivity index (χ0n) is 83.7. The van der Waals surface area contributed by atoms with Gasteiger partial charge in [-0.25, -0.2) is 9.97 Å². The first-order valence-electron chi connectivity index (χ1n) is 48.9. The summed E-state index contributed by atoms with van der Waals surface area (Å²) in [5.41, 5.74) is 14.6. The van der Waals surface area contributed by atoms with Crippen LogP contribution in [-0.2, 0) is 0 Å². The fourth-order valence-corrected chi connectivity index (χ4v) is 26.4. The molecule has 6 atom stereocenters. The van der Waals surface area contributed by atoms with Gasteiger partial charge in [0.1, 0.15) is 0 Å². The standard InChI is InChI=1S/C25H32N2O.C23H33N.C22H28N2O.C19H29N.C16H25N/c1-16-9-11-19-20-12-10-17(2)26-23(20)28-22(19)21(16)27-18(3)25(15-24(27,4)5)13-7-6-8-14-25;1-15-7-5-6-8-21(15)24-16(2)23(14-22(24,3)4)19-10-17-9-18(12-19)13-20(23)11-17;1-13-8-10-16-17-11-9-14(2)23-20(17)25-19(16)18(13)24-15(3)21(4,5)12-22(24,6)7;1-15-10-6-7-11-17(15)20-16(2)19(14-18(20,3)4)12-8-5-9-13-19;1-12-9-7-8-10-14(12)17-13(2)15(3,4)11-16(17,5)6/h9-12,18H,6-8,13-15H2,1-5H3;5-8,16-20H,9-14H2,1-4H3;8-11,15H,12H2,1-7H3;6-7,10-11,16H,5,8-9,12-14H2,1-4H3;7-10,13H,11H2,1-6H3/i;14D2;;14D2;3D3,11D2. The Morgan fingerprint density at radius 2 is 0.719 bits per heavy atom. The van der Waals surface area contributed by atoms with Crippen LogP contribution < -0.4 is 24.5 Å². The third-order valence-corrected chi connectivity index (χ3v) is 31.0. The van der Waals surface area contributed by atoms with E-state index in [4.69, 9.17) is 18.4 Å². The average molecular weight is 1550 g/mol. The molecule has 614 valence electrons. The molecule has 6 unspecified atom stereocenters. The lowest BCUT2D eigenvalue weighted by Crippen LogP contribution is -2.57. The molecule has 4 aromatic heterocycles. The summed E-state index contributed by atoms with van der Waals surface area (Å²) in [6.07, 6.45) is 17.3. The minimum atomic E-state index is -2.38. The molecule has 4 bridgehead atoms. The van der Waals surface area contributed by atoms with Gasteiger partial charge in [-0.2, -0.15) is 0 Å². The van der Waals surface area contributed by atoms with Crippen molar-refractivity contribution in [2.24, 2.45) is 50.7 Å². The van der Waals surface area contributed by atoms with E-state index in [1.165, 1.54) is 140 Å². The molecule has 9 aromatic rings. The first kappa shape index (κ1) is 71.1. The number of hydrogen-bond acceptors (Lipinski definition) is 9. The van der Waals surface area contributed by atoms with Crippen LogP contribution in [-0.4, -0.2) is 67.9 Å². The molecular formula is C105H147N7O2. The van der Waals surface area contributed by atoms with Crippen LogP contribution in [0.5, 0.6) is 0 Å². The fraction of sp³-hybridized carbons (Fsp3) is 0.619. The molecule has 9 nitrogen and oxygen atoms in total. The van der Waals surface area contributed by atoms with E-state index in [1.54, 1.807) is 20.8 Å². The Labute approximate surface area is 702 Å². The van der Waals surface area contributed by atoms with Crippen LogP contribution in [0.15, 0.2) is 130 Å². The third kappa shape index (κ3) is 14.1. The maximum atomic E-state index is 9.52. The largest absolute Gasteiger partial charge is 0.436 e. The number of hydrogen-bond donors (Lipinski definition) is 0. The van der Waals surface area contributed by atoms with E-state index >= 15 is 0 Å². The molecule has 5 saturated heterocycles. The molecule has 9 heteroatoms. The van der Waals surface area contributed by atoms with E-state index in [0.29, 0.717) is 29.3 Å². The number of fused-ring (bicyclic) bond motifs is 6. The fourth-order valence-electron chi connectivity index (χ4n) is 26.4. The van der Waals surface area contributed by atoms with Gasteiger partial charge in [0.05, 0.1) is 11.4 Å². The smallest absolute Gasteiger partial charge is 0.227 e. The summed E-state index contributed by atoms with van der Waals surface area (Å²) in [6, 6.07) is 43.1. The number of rotatable bonds is 5. The number of para-hydroxylation sites is 3. The summed E-state index contributed by atoms with van der Waals surface area (Å²) in [5, 5.41) is 4.58. The molecule has 0 radical (unpaired) electrons. The zero-order chi connectivity index (χ0) is 89.6. The Bertz CT molecular complexity index is 5410. The Morgan fingerprint density at radius 3 is 1.14 bits per heavy atom. The zero-order valence-corrected chi connectivity index (χ0v) is 74.7. The minimum absolute atomic E-state index is 0.0876. The van der Waals surface area contributed by atoms with E-state index in [1.807, 2.05) is 56.9 Å². The van der Waals surface area contributed by atoms with E-state index in [0.717, 1.165) is 92.5 Å². The highest BCUT2D eigenvalue weighted by Gasteiger charge is 2.66. The number of furan rings is 2. The van der Waals surface area contributed by atoms with Gasteiger partial charge in [0.15, 0.2) is 11.2 Å². The highest BCUT2D eigenvalue weighted by Crippen LogP contribution is 2.70. The summed E-state index contributed by atoms with van der Waals surface area (Å²) >= 11 is 0. The van der Waals surface area contributed by atoms with Crippen LogP contribution >= 0.6 is 0 Å². The van der Waals surface area contributed by atoms with Crippen LogP contribution in [0.3, 0.4) is 0 Å². The van der Waals surface area contributed by atoms with Crippen molar-refractivity contribution < 1.29 is 21.2 Å². The molecule has 11 aliphatic rings. The maximum Gasteiger partial charge on any atom is 0.227 e. The first-order chi connectivity index (χ1) is 57.2. The molecule has 0 amide bonds. The second kappa shape index (κ2) is 29.5. The lowest BCUT2D eigenvalue weighted by Gasteiger charge is -2.62. The number of aromatic nitrogens is 2. The van der Waals surface area contributed by atoms with Crippen molar-refractivity contribution in [2.45, 2.75) is 366 Å². The van der Waals surface area contributed by atoms with Gasteiger partial charge in [0.2, 0.25) is 11.4 Å². The third-order valence-electron chi connectivity index (χ3n) is 31.0. The molecule has 20 rings (SSSR count). The molecule has 3 spiro atoms. The average Bonchev–Trinajstić information content (AvgIpc) is 1.32. The summed E-state index contributed by atoms with van der Waals surface area (Å²) in [5.74, 6) is 2.89. The summed E-state index contributed by atoms with van der Waals surface area (Å²) < 4.78 is 91.0. The lowest BCUT2D eigenvalue weighted by molar-refractivity contribution is -0.113. The highest BCUT2D eigenvalue weighted by molar-refractivity contribution is 6.10. The lowest BCUT2D eigenvalue weighted by atomic mass is 9.43. The molecule has 5 aromatic carbocycles. The van der Waals surface area contributed by atoms with Crippen molar-refractivity contribution in [2.75, 3.05) is 24.5 Å². The number of pyridine rings is 2. The van der Waals surface area contributed by atoms with Crippen LogP contribution in [0.1, 0.15) is 311 Å². The molecule has 5 aliphatic heterocycles. The summed E-state index contributed by atoms with van der Waals surface area (Å²) in [4.78, 5) is 21.4. The molecule has 9 heterocycles. The SMILES string of the molecule is Cc1ccc2c(n1)oc1c(N3C(C)C(C)(C)CC3(C)C)c(C)ccc12.Cc1ccc2c(n1)oc1c(N3C(C)C4(CCCCC4)CC3(C)C)c(C)ccc12.[2H]C([2H])([2H])C1(C)C(C)N(c2ccccc2C)C(C)(C)C1([2H])[2H].[2H]C1([2H])C2(C3CC4CC(C3)CC2C4)C(C)N(c2ccccc2C)C1(C)C.[2H]C1([2H])C2(CCCCC2)C(C)N(c2ccccc2C)C1(C)C. The Hall–Kier alpha value is -7.00. The highest BCUT2D eigenvalue weighted by atomic mass is 16.3. The van der Waals surface area contributed by atoms with Gasteiger partial charge in [-0.05, 0) is 363 Å². The maximum absolute atomic E-state index is 9.52. The van der Waals surface area contributed by atoms with Gasteiger partial charge < -0.3 is 33.3 Å². The van der Waals surface area contributed by atoms with E-state index in [2.05, 4.69) is 251 Å². The van der Waals surface area contributed by atoms with Crippen molar-refractivity contribution in [1.29, 1.82) is 0 Å². The van der Waals surface area contributed by atoms with Crippen molar-refractivity contribution in [3.8, 4) is 0 Å². The predicted octanol–water partition coefficient (Wildman–Crippen LogP) is 28.5. The Morgan fingerprint density at radius 1 is 0.351 bits per heavy atom. The number of benzene rings is 5. The Kier molecular flexibility index (Phi) is 18.4. The Balaban J connectivity index is 0.000000120. The van der Waals surface area contributed by atoms with Crippen molar-refractivity contribution in [3.63, 3.8) is 0 Å². The number of anilines is 5. The van der Waals surface area contributed by atoms with Crippen LogP contribution in [0.4, 0.5) is 28.4 Å². The molecule has 11 fully saturated rings. The summed E-state index contributed by atoms with van der Waals surface area (Å²) in [6.45, 7) is 51.6. The van der Waals surface area contributed by atoms with Gasteiger partial charge in [0.25, 0.3) is 0 Å². The van der Waals surface area contributed by atoms with Crippen LogP contribution in [0.2, 0.25) is 0 Å². The topological polar surface area (TPSA) is 68.3 Å². The van der Waals surface area contributed by atoms with Crippen LogP contribution in [0.25, 0.3) is 44.1 Å². The van der Waals surface area contributed by atoms with Gasteiger partial charge >= 0.3 is 0 Å². The van der Waals surface area contributed by atoms with Crippen LogP contribution in [0, 0.1) is 99.2 Å². The van der Waals surface area contributed by atoms with Gasteiger partial charge in [-0.1, -0.05) is 145 Å². The normalized spacial score (nSPS) is 32.6. The molecule has 6 aliphatic carbocycles. The van der Waals surface area contributed by atoms with Gasteiger partial charge in [-0.3, -0.25) is 0 Å². The van der Waals surface area contributed by atoms with Crippen molar-refractivity contribution in [3.05, 3.63) is 161 Å². The van der Waals surface area contributed by atoms with Gasteiger partial charge in [0, 0.05) is 120 Å². The minimum Gasteiger partial charge on any atom is -0.436 e. The molecule has 0 N–H and O–H groups in total. The van der Waals surface area contributed by atoms with Crippen molar-refractivity contribution >= 4 is 72.6 Å². The second-order valence-electron chi connectivity index (χ2n) is 41.7. The number of aryl methyl sites for hydroxylation is 7. The molecule has 6 saturated carbocycles.